The van der Waals surface area contributed by atoms with Gasteiger partial charge in [0.15, 0.2) is 18.1 Å². The van der Waals surface area contributed by atoms with Gasteiger partial charge in [-0.05, 0) is 89.2 Å². The van der Waals surface area contributed by atoms with E-state index in [1.807, 2.05) is 0 Å². The molecule has 0 bridgehead atoms. The van der Waals surface area contributed by atoms with Crippen molar-refractivity contribution < 1.29 is 61.2 Å². The molecule has 1 aliphatic heterocycles. The summed E-state index contributed by atoms with van der Waals surface area (Å²) < 4.78 is 61.0. The second-order valence-electron chi connectivity index (χ2n) is 14.5. The number of alkyl halides is 1. The molecule has 17 nitrogen and oxygen atoms in total. The number of hydrogen-bond donors (Lipinski definition) is 2. The number of nitrogens with zero attached hydrogens (tertiary/aromatic N) is 3. The van der Waals surface area contributed by atoms with E-state index in [-0.39, 0.29) is 0 Å². The molecule has 0 radical (unpaired) electrons. The quantitative estimate of drug-likeness (QED) is 0.178. The molecule has 50 heavy (non-hydrogen) atoms. The molecule has 2 heterocycles. The highest BCUT2D eigenvalue weighted by Gasteiger charge is 2.50. The third kappa shape index (κ3) is 13.5. The first-order valence-corrected chi connectivity index (χ1v) is 18.1. The van der Waals surface area contributed by atoms with Crippen molar-refractivity contribution in [3.05, 3.63) is 22.7 Å². The van der Waals surface area contributed by atoms with Crippen LogP contribution in [0.2, 0.25) is 0 Å². The third-order valence-electron chi connectivity index (χ3n) is 5.84. The Morgan fingerprint density at radius 2 is 1.52 bits per heavy atom. The lowest BCUT2D eigenvalue weighted by molar-refractivity contribution is -0.149. The zero-order valence-corrected chi connectivity index (χ0v) is 32.0. The molecule has 0 aromatic carbocycles. The van der Waals surface area contributed by atoms with Crippen LogP contribution in [0.25, 0.3) is 0 Å². The number of imide groups is 1. The summed E-state index contributed by atoms with van der Waals surface area (Å²) in [5, 5.41) is -0.519. The summed E-state index contributed by atoms with van der Waals surface area (Å²) >= 11 is 0.713. The van der Waals surface area contributed by atoms with Crippen LogP contribution in [0, 0.1) is 0 Å². The summed E-state index contributed by atoms with van der Waals surface area (Å²) in [4.78, 5) is 78.7. The van der Waals surface area contributed by atoms with Crippen LogP contribution in [0.3, 0.4) is 0 Å². The van der Waals surface area contributed by atoms with Gasteiger partial charge in [-0.15, -0.1) is 11.8 Å². The maximum Gasteiger partial charge on any atom is 0.509 e. The maximum atomic E-state index is 16.1. The van der Waals surface area contributed by atoms with Crippen LogP contribution in [0.1, 0.15) is 88.5 Å². The van der Waals surface area contributed by atoms with Gasteiger partial charge in [-0.25, -0.2) is 33.2 Å². The highest BCUT2D eigenvalue weighted by atomic mass is 32.2. The van der Waals surface area contributed by atoms with Crippen LogP contribution in [-0.4, -0.2) is 91.8 Å². The predicted molar refractivity (Wildman–Crippen MR) is 179 cm³/mol. The van der Waals surface area contributed by atoms with Gasteiger partial charge in [0.25, 0.3) is 0 Å². The van der Waals surface area contributed by atoms with Gasteiger partial charge in [0.1, 0.15) is 28.2 Å². The Labute approximate surface area is 294 Å². The van der Waals surface area contributed by atoms with Crippen molar-refractivity contribution in [3.63, 3.8) is 0 Å². The fraction of sp³-hybridized carbons (Fsp3) is 0.733. The van der Waals surface area contributed by atoms with E-state index in [4.69, 9.17) is 28.2 Å². The lowest BCUT2D eigenvalue weighted by Gasteiger charge is -2.28. The zero-order valence-electron chi connectivity index (χ0n) is 30.2. The molecule has 20 heteroatoms. The number of amides is 2. The van der Waals surface area contributed by atoms with Crippen LogP contribution < -0.4 is 15.7 Å². The first kappa shape index (κ1) is 42.9. The third-order valence-corrected chi connectivity index (χ3v) is 8.57. The number of carbonyl (C=O) groups is 4. The summed E-state index contributed by atoms with van der Waals surface area (Å²) in [6.45, 7) is 17.8. The fourth-order valence-electron chi connectivity index (χ4n) is 4.02. The van der Waals surface area contributed by atoms with Crippen LogP contribution >= 0.6 is 19.5 Å². The average Bonchev–Trinajstić information content (AvgIpc) is 3.18. The molecular weight excluding hydrogens is 706 g/mol. The molecule has 2 rings (SSSR count). The molecule has 6 atom stereocenters. The molecule has 0 saturated carbocycles. The molecule has 1 saturated heterocycles. The number of rotatable bonds is 10. The van der Waals surface area contributed by atoms with E-state index in [0.29, 0.717) is 16.7 Å². The van der Waals surface area contributed by atoms with Crippen LogP contribution in [-0.2, 0) is 37.6 Å². The molecule has 1 aromatic heterocycles. The number of halogens is 1. The minimum Gasteiger partial charge on any atom is -0.462 e. The summed E-state index contributed by atoms with van der Waals surface area (Å²) in [5.74, 6) is -1.30. The SMILES string of the molecule is CC(C)OC(=O)C(C)NP(=O)(O)OC[C@H]1S[C@@H](n2ccc(N(C(=O)OC(C)(C)C)C(=O)OC(C)(C)C)nc2=O)[C@@H](F)[C@@H]1OC(=O)OC(C)(C)C. The van der Waals surface area contributed by atoms with Crippen molar-refractivity contribution in [1.82, 2.24) is 14.6 Å². The summed E-state index contributed by atoms with van der Waals surface area (Å²) in [5.41, 5.74) is -4.23. The smallest absolute Gasteiger partial charge is 0.462 e. The number of thioether (sulfide) groups is 1. The van der Waals surface area contributed by atoms with Gasteiger partial charge < -0.3 is 28.6 Å². The highest BCUT2D eigenvalue weighted by Crippen LogP contribution is 2.47. The molecular formula is C30H48FN4O13PS. The molecule has 0 aliphatic carbocycles. The van der Waals surface area contributed by atoms with Gasteiger partial charge in [-0.1, -0.05) is 0 Å². The Morgan fingerprint density at radius 1 is 1.00 bits per heavy atom. The first-order chi connectivity index (χ1) is 22.6. The summed E-state index contributed by atoms with van der Waals surface area (Å²) in [6, 6.07) is -0.177. The number of ether oxygens (including phenoxy) is 5. The van der Waals surface area contributed by atoms with Gasteiger partial charge in [0.05, 0.1) is 18.0 Å². The normalized spacial score (nSPS) is 21.5. The number of hydrogen-bond acceptors (Lipinski definition) is 14. The molecule has 0 spiro atoms. The Balaban J connectivity index is 2.43. The van der Waals surface area contributed by atoms with Crippen LogP contribution in [0.5, 0.6) is 0 Å². The topological polar surface area (TPSA) is 211 Å². The standard InChI is InChI=1S/C30H48FN4O13PS/c1-16(2)44-23(36)17(3)33-49(41,42)43-15-18-21(45-27(40)48-30(10,11)12)20(31)22(50-18)34-14-13-19(32-24(34)37)35(25(38)46-28(4,5)6)26(39)47-29(7,8)9/h13-14,16-18,20-22H,15H2,1-12H3,(H2,33,41,42)/t17?,18-,20+,21-,22-/m1/s1. The second-order valence-corrected chi connectivity index (χ2v) is 17.4. The summed E-state index contributed by atoms with van der Waals surface area (Å²) in [6.07, 6.45) is -6.86. The van der Waals surface area contributed by atoms with E-state index in [2.05, 4.69) is 10.1 Å². The Bertz CT molecular complexity index is 1480. The van der Waals surface area contributed by atoms with Crippen molar-refractivity contribution in [2.24, 2.45) is 0 Å². The van der Waals surface area contributed by atoms with Crippen molar-refractivity contribution >= 4 is 49.6 Å². The van der Waals surface area contributed by atoms with E-state index in [1.54, 1.807) is 76.2 Å². The van der Waals surface area contributed by atoms with Gasteiger partial charge in [-0.3, -0.25) is 13.9 Å². The Kier molecular flexibility index (Phi) is 14.1. The van der Waals surface area contributed by atoms with Crippen molar-refractivity contribution in [1.29, 1.82) is 0 Å². The molecule has 1 aliphatic rings. The molecule has 284 valence electrons. The van der Waals surface area contributed by atoms with Crippen LogP contribution in [0.4, 0.5) is 24.6 Å². The number of carbonyl (C=O) groups excluding carboxylic acids is 4. The van der Waals surface area contributed by atoms with Gasteiger partial charge >= 0.3 is 37.7 Å². The minimum absolute atomic E-state index is 0.422. The highest BCUT2D eigenvalue weighted by molar-refractivity contribution is 8.00. The number of anilines is 1. The molecule has 2 unspecified atom stereocenters. The van der Waals surface area contributed by atoms with Crippen molar-refractivity contribution in [3.8, 4) is 0 Å². The molecule has 1 fully saturated rings. The van der Waals surface area contributed by atoms with E-state index >= 15 is 4.39 Å². The lowest BCUT2D eigenvalue weighted by atomic mass is 10.1. The maximum absolute atomic E-state index is 16.1. The zero-order chi connectivity index (χ0) is 38.6. The van der Waals surface area contributed by atoms with E-state index in [0.717, 1.165) is 16.8 Å². The van der Waals surface area contributed by atoms with Crippen molar-refractivity contribution in [2.75, 3.05) is 11.5 Å². The van der Waals surface area contributed by atoms with Gasteiger partial charge in [0, 0.05) is 6.20 Å². The van der Waals surface area contributed by atoms with E-state index in [9.17, 15) is 33.4 Å². The minimum atomic E-state index is -4.71. The second kappa shape index (κ2) is 16.4. The largest absolute Gasteiger partial charge is 0.509 e. The van der Waals surface area contributed by atoms with E-state index < -0.39 is 102 Å². The molecule has 2 amide bonds. The Hall–Kier alpha value is -3.25. The number of nitrogens with one attached hydrogen (secondary N) is 1. The fourth-order valence-corrected chi connectivity index (χ4v) is 6.62. The Morgan fingerprint density at radius 3 is 1.98 bits per heavy atom. The van der Waals surface area contributed by atoms with Gasteiger partial charge in [0.2, 0.25) is 0 Å². The predicted octanol–water partition coefficient (Wildman–Crippen LogP) is 5.24. The first-order valence-electron chi connectivity index (χ1n) is 15.6. The van der Waals surface area contributed by atoms with Gasteiger partial charge in [-0.2, -0.15) is 9.88 Å². The number of aromatic nitrogens is 2. The van der Waals surface area contributed by atoms with Crippen LogP contribution in [0.15, 0.2) is 17.1 Å². The molecule has 1 aromatic rings. The lowest BCUT2D eigenvalue weighted by Crippen LogP contribution is -2.45. The monoisotopic (exact) mass is 754 g/mol. The van der Waals surface area contributed by atoms with E-state index in [1.165, 1.54) is 6.92 Å². The summed E-state index contributed by atoms with van der Waals surface area (Å²) in [7, 11) is -4.71. The average molecular weight is 755 g/mol. The molecule has 2 N–H and O–H groups in total. The number of esters is 1. The van der Waals surface area contributed by atoms with Crippen molar-refractivity contribution in [2.45, 2.75) is 135 Å².